The number of hydrogen-bond donors (Lipinski definition) is 0. The molecule has 2 aliphatic heterocycles. The summed E-state index contributed by atoms with van der Waals surface area (Å²) < 4.78 is 5.21. The minimum atomic E-state index is 0.0209. The highest BCUT2D eigenvalue weighted by Gasteiger charge is 2.53. The molecular formula is C23H25N5O2. The van der Waals surface area contributed by atoms with Crippen molar-refractivity contribution in [1.29, 1.82) is 0 Å². The Morgan fingerprint density at radius 2 is 1.93 bits per heavy atom. The number of amides is 1. The maximum absolute atomic E-state index is 13.1. The number of hydrogen-bond acceptors (Lipinski definition) is 6. The number of benzene rings is 1. The number of anilines is 1. The Labute approximate surface area is 175 Å². The summed E-state index contributed by atoms with van der Waals surface area (Å²) in [6, 6.07) is 14.2. The van der Waals surface area contributed by atoms with Crippen molar-refractivity contribution in [1.82, 2.24) is 20.0 Å². The van der Waals surface area contributed by atoms with Gasteiger partial charge in [0.25, 0.3) is 11.9 Å². The lowest BCUT2D eigenvalue weighted by Crippen LogP contribution is -2.37. The van der Waals surface area contributed by atoms with Crippen LogP contribution in [0.5, 0.6) is 0 Å². The van der Waals surface area contributed by atoms with Crippen LogP contribution in [0, 0.1) is 18.3 Å². The first-order chi connectivity index (χ1) is 14.6. The zero-order valence-electron chi connectivity index (χ0n) is 17.1. The lowest BCUT2D eigenvalue weighted by Gasteiger charge is -2.29. The molecule has 30 heavy (non-hydrogen) atoms. The second kappa shape index (κ2) is 7.55. The van der Waals surface area contributed by atoms with Crippen molar-refractivity contribution in [2.24, 2.45) is 11.3 Å². The highest BCUT2D eigenvalue weighted by atomic mass is 16.5. The van der Waals surface area contributed by atoms with Gasteiger partial charge in [0.05, 0.1) is 0 Å². The van der Waals surface area contributed by atoms with E-state index in [2.05, 4.69) is 44.3 Å². The van der Waals surface area contributed by atoms with E-state index in [4.69, 9.17) is 4.52 Å². The second-order valence-corrected chi connectivity index (χ2v) is 8.46. The zero-order valence-corrected chi connectivity index (χ0v) is 17.1. The van der Waals surface area contributed by atoms with Crippen LogP contribution in [-0.2, 0) is 6.42 Å². The molecule has 3 aromatic rings. The third-order valence-electron chi connectivity index (χ3n) is 6.53. The number of likely N-dealkylation sites (tertiary alicyclic amines) is 1. The highest BCUT2D eigenvalue weighted by Crippen LogP contribution is 2.47. The Morgan fingerprint density at radius 3 is 2.67 bits per heavy atom. The number of aromatic nitrogens is 3. The van der Waals surface area contributed by atoms with Gasteiger partial charge < -0.3 is 14.3 Å². The van der Waals surface area contributed by atoms with Gasteiger partial charge in [0, 0.05) is 62.4 Å². The first kappa shape index (κ1) is 18.8. The van der Waals surface area contributed by atoms with Crippen LogP contribution in [0.2, 0.25) is 0 Å². The van der Waals surface area contributed by atoms with Crippen LogP contribution in [0.1, 0.15) is 28.2 Å². The third-order valence-corrected chi connectivity index (χ3v) is 6.53. The molecule has 7 nitrogen and oxygen atoms in total. The molecule has 2 saturated heterocycles. The lowest BCUT2D eigenvalue weighted by atomic mass is 9.76. The second-order valence-electron chi connectivity index (χ2n) is 8.46. The molecule has 0 aliphatic carbocycles. The van der Waals surface area contributed by atoms with Crippen molar-refractivity contribution in [3.05, 3.63) is 71.9 Å². The van der Waals surface area contributed by atoms with Gasteiger partial charge in [-0.05, 0) is 35.7 Å². The Bertz CT molecular complexity index is 1020. The molecule has 5 rings (SSSR count). The summed E-state index contributed by atoms with van der Waals surface area (Å²) in [5, 5.41) is 4.13. The fraction of sp³-hybridized carbons (Fsp3) is 0.391. The highest BCUT2D eigenvalue weighted by molar-refractivity contribution is 5.94. The van der Waals surface area contributed by atoms with Crippen LogP contribution < -0.4 is 4.90 Å². The largest absolute Gasteiger partial charge is 0.338 e. The summed E-state index contributed by atoms with van der Waals surface area (Å²) in [7, 11) is 0. The molecule has 0 unspecified atom stereocenters. The number of nitrogens with zero attached hydrogens (tertiary/aromatic N) is 5. The molecule has 1 amide bonds. The Hall–Kier alpha value is -3.22. The molecule has 7 heteroatoms. The van der Waals surface area contributed by atoms with Crippen LogP contribution in [0.4, 0.5) is 5.95 Å². The Balaban J connectivity index is 1.38. The van der Waals surface area contributed by atoms with E-state index in [0.717, 1.165) is 39.0 Å². The number of pyridine rings is 1. The van der Waals surface area contributed by atoms with Crippen LogP contribution in [0.25, 0.3) is 0 Å². The normalized spacial score (nSPS) is 23.0. The van der Waals surface area contributed by atoms with E-state index in [1.807, 2.05) is 17.9 Å². The van der Waals surface area contributed by atoms with E-state index < -0.39 is 0 Å². The molecule has 1 aromatic carbocycles. The van der Waals surface area contributed by atoms with Crippen molar-refractivity contribution < 1.29 is 9.32 Å². The van der Waals surface area contributed by atoms with Crippen LogP contribution in [0.3, 0.4) is 0 Å². The molecule has 0 N–H and O–H groups in total. The Kier molecular flexibility index (Phi) is 4.73. The van der Waals surface area contributed by atoms with Crippen LogP contribution in [0.15, 0.2) is 59.4 Å². The first-order valence-electron chi connectivity index (χ1n) is 10.4. The standard InChI is InChI=1S/C23H25N5O2/c1-17-25-22(26-30-17)28-14-20-13-27(21(29)19-8-11-24-12-9-19)15-23(20,16-28)10-7-18-5-3-2-4-6-18/h2-6,8-9,11-12,20H,7,10,13-16H2,1H3/t20-,23+/m1/s1. The summed E-state index contributed by atoms with van der Waals surface area (Å²) in [4.78, 5) is 25.8. The summed E-state index contributed by atoms with van der Waals surface area (Å²) in [5.41, 5.74) is 2.06. The van der Waals surface area contributed by atoms with Gasteiger partial charge in [-0.25, -0.2) is 0 Å². The van der Waals surface area contributed by atoms with E-state index in [1.165, 1.54) is 5.56 Å². The molecule has 0 spiro atoms. The average Bonchev–Trinajstić information content (AvgIpc) is 3.45. The van der Waals surface area contributed by atoms with E-state index in [9.17, 15) is 4.79 Å². The fourth-order valence-electron chi connectivity index (χ4n) is 4.98. The number of carbonyl (C=O) groups excluding carboxylic acids is 1. The minimum absolute atomic E-state index is 0.0209. The number of fused-ring (bicyclic) bond motifs is 1. The fourth-order valence-corrected chi connectivity index (χ4v) is 4.98. The van der Waals surface area contributed by atoms with Gasteiger partial charge in [0.15, 0.2) is 0 Å². The molecule has 2 atom stereocenters. The monoisotopic (exact) mass is 403 g/mol. The molecule has 154 valence electrons. The van der Waals surface area contributed by atoms with Crippen molar-refractivity contribution in [3.63, 3.8) is 0 Å². The summed E-state index contributed by atoms with van der Waals surface area (Å²) >= 11 is 0. The van der Waals surface area contributed by atoms with Gasteiger partial charge in [-0.1, -0.05) is 30.3 Å². The van der Waals surface area contributed by atoms with Gasteiger partial charge in [-0.3, -0.25) is 9.78 Å². The van der Waals surface area contributed by atoms with Crippen LogP contribution in [-0.4, -0.2) is 52.1 Å². The SMILES string of the molecule is Cc1nc(N2C[C@H]3CN(C(=O)c4ccncc4)C[C@@]3(CCc3ccccc3)C2)no1. The van der Waals surface area contributed by atoms with Gasteiger partial charge in [0.2, 0.25) is 5.89 Å². The average molecular weight is 403 g/mol. The van der Waals surface area contributed by atoms with Gasteiger partial charge in [-0.2, -0.15) is 4.98 Å². The number of rotatable bonds is 5. The first-order valence-corrected chi connectivity index (χ1v) is 10.4. The van der Waals surface area contributed by atoms with Gasteiger partial charge in [-0.15, -0.1) is 0 Å². The molecule has 0 radical (unpaired) electrons. The van der Waals surface area contributed by atoms with Crippen molar-refractivity contribution >= 4 is 11.9 Å². The summed E-state index contributed by atoms with van der Waals surface area (Å²) in [5.74, 6) is 1.71. The number of carbonyl (C=O) groups is 1. The van der Waals surface area contributed by atoms with E-state index in [1.54, 1.807) is 24.5 Å². The van der Waals surface area contributed by atoms with E-state index in [0.29, 0.717) is 23.3 Å². The van der Waals surface area contributed by atoms with E-state index in [-0.39, 0.29) is 11.3 Å². The molecule has 4 heterocycles. The lowest BCUT2D eigenvalue weighted by molar-refractivity contribution is 0.0770. The van der Waals surface area contributed by atoms with E-state index >= 15 is 0 Å². The summed E-state index contributed by atoms with van der Waals surface area (Å²) in [6.07, 6.45) is 5.37. The van der Waals surface area contributed by atoms with Gasteiger partial charge in [0.1, 0.15) is 0 Å². The summed E-state index contributed by atoms with van der Waals surface area (Å²) in [6.45, 7) is 4.99. The predicted octanol–water partition coefficient (Wildman–Crippen LogP) is 2.98. The topological polar surface area (TPSA) is 75.4 Å². The van der Waals surface area contributed by atoms with Crippen molar-refractivity contribution in [2.45, 2.75) is 19.8 Å². The van der Waals surface area contributed by atoms with Crippen molar-refractivity contribution in [3.8, 4) is 0 Å². The Morgan fingerprint density at radius 1 is 1.13 bits per heavy atom. The molecule has 2 aromatic heterocycles. The molecular weight excluding hydrogens is 378 g/mol. The smallest absolute Gasteiger partial charge is 0.266 e. The molecule has 2 fully saturated rings. The van der Waals surface area contributed by atoms with Crippen LogP contribution >= 0.6 is 0 Å². The maximum atomic E-state index is 13.1. The van der Waals surface area contributed by atoms with Crippen molar-refractivity contribution in [2.75, 3.05) is 31.1 Å². The quantitative estimate of drug-likeness (QED) is 0.652. The molecule has 0 bridgehead atoms. The molecule has 0 saturated carbocycles. The number of aryl methyl sites for hydroxylation is 2. The predicted molar refractivity (Wildman–Crippen MR) is 112 cm³/mol. The van der Waals surface area contributed by atoms with Gasteiger partial charge >= 0.3 is 0 Å². The minimum Gasteiger partial charge on any atom is -0.338 e. The maximum Gasteiger partial charge on any atom is 0.266 e. The zero-order chi connectivity index (χ0) is 20.6. The third kappa shape index (κ3) is 3.44. The molecule has 2 aliphatic rings.